The molecular weight excluding hydrogens is 466 g/mol. The van der Waals surface area contributed by atoms with Crippen LogP contribution >= 0.6 is 23.4 Å². The van der Waals surface area contributed by atoms with E-state index in [4.69, 9.17) is 11.6 Å². The second-order valence-corrected chi connectivity index (χ2v) is 9.67. The van der Waals surface area contributed by atoms with Crippen molar-refractivity contribution in [1.82, 2.24) is 9.47 Å². The summed E-state index contributed by atoms with van der Waals surface area (Å²) in [4.78, 5) is 29.6. The van der Waals surface area contributed by atoms with Gasteiger partial charge in [0.15, 0.2) is 0 Å². The van der Waals surface area contributed by atoms with Gasteiger partial charge in [-0.25, -0.2) is 0 Å². The maximum atomic E-state index is 13.0. The SMILES string of the molecule is CCN(CC)c1ccc(-n2c(C)cc(/C=C3/SC(=O)N(Cc4ccc(Cl)cc4)C3=O)c2C)cc1. The maximum Gasteiger partial charge on any atom is 0.293 e. The Morgan fingerprint density at radius 3 is 2.24 bits per heavy atom. The molecule has 1 aliphatic heterocycles. The molecular formula is C27H28ClN3O2S. The summed E-state index contributed by atoms with van der Waals surface area (Å²) in [6.45, 7) is 10.6. The number of amides is 2. The summed E-state index contributed by atoms with van der Waals surface area (Å²) in [5.74, 6) is -0.265. The van der Waals surface area contributed by atoms with E-state index in [1.165, 1.54) is 10.6 Å². The minimum absolute atomic E-state index is 0.233. The lowest BCUT2D eigenvalue weighted by atomic mass is 10.2. The number of nitrogens with zero attached hydrogens (tertiary/aromatic N) is 3. The Morgan fingerprint density at radius 2 is 1.62 bits per heavy atom. The number of imide groups is 1. The van der Waals surface area contributed by atoms with Crippen LogP contribution in [0.2, 0.25) is 5.02 Å². The Morgan fingerprint density at radius 1 is 0.971 bits per heavy atom. The van der Waals surface area contributed by atoms with E-state index in [-0.39, 0.29) is 17.7 Å². The molecule has 7 heteroatoms. The first-order valence-electron chi connectivity index (χ1n) is 11.4. The van der Waals surface area contributed by atoms with Gasteiger partial charge >= 0.3 is 0 Å². The van der Waals surface area contributed by atoms with E-state index in [1.807, 2.05) is 25.1 Å². The molecule has 0 atom stereocenters. The van der Waals surface area contributed by atoms with Crippen molar-refractivity contribution < 1.29 is 9.59 Å². The van der Waals surface area contributed by atoms with E-state index in [2.05, 4.69) is 60.6 Å². The Bertz CT molecular complexity index is 1240. The van der Waals surface area contributed by atoms with Crippen molar-refractivity contribution in [2.75, 3.05) is 18.0 Å². The van der Waals surface area contributed by atoms with Gasteiger partial charge in [0.05, 0.1) is 11.4 Å². The molecule has 4 rings (SSSR count). The van der Waals surface area contributed by atoms with Crippen molar-refractivity contribution in [2.45, 2.75) is 34.2 Å². The Balaban J connectivity index is 1.58. The molecule has 1 fully saturated rings. The fraction of sp³-hybridized carbons (Fsp3) is 0.259. The van der Waals surface area contributed by atoms with Gasteiger partial charge in [0.2, 0.25) is 0 Å². The molecule has 0 bridgehead atoms. The van der Waals surface area contributed by atoms with Gasteiger partial charge in [-0.15, -0.1) is 0 Å². The van der Waals surface area contributed by atoms with E-state index in [0.717, 1.165) is 53.1 Å². The fourth-order valence-corrected chi connectivity index (χ4v) is 5.24. The molecule has 0 aliphatic carbocycles. The molecule has 2 aromatic carbocycles. The molecule has 2 heterocycles. The molecule has 0 N–H and O–H groups in total. The highest BCUT2D eigenvalue weighted by Gasteiger charge is 2.35. The van der Waals surface area contributed by atoms with Crippen LogP contribution in [0.25, 0.3) is 11.8 Å². The number of aromatic nitrogens is 1. The first kappa shape index (κ1) is 24.2. The second-order valence-electron chi connectivity index (χ2n) is 8.24. The van der Waals surface area contributed by atoms with Crippen LogP contribution in [0.5, 0.6) is 0 Å². The third-order valence-corrected chi connectivity index (χ3v) is 7.28. The molecule has 1 aromatic heterocycles. The van der Waals surface area contributed by atoms with Crippen molar-refractivity contribution in [3.05, 3.63) is 87.0 Å². The molecule has 1 saturated heterocycles. The van der Waals surface area contributed by atoms with Gasteiger partial charge in [0.25, 0.3) is 11.1 Å². The van der Waals surface area contributed by atoms with E-state index in [0.29, 0.717) is 9.93 Å². The molecule has 0 spiro atoms. The highest BCUT2D eigenvalue weighted by Crippen LogP contribution is 2.35. The number of benzene rings is 2. The summed E-state index contributed by atoms with van der Waals surface area (Å²) >= 11 is 6.93. The van der Waals surface area contributed by atoms with E-state index >= 15 is 0 Å². The molecule has 0 saturated carbocycles. The van der Waals surface area contributed by atoms with Gasteiger partial charge in [0, 0.05) is 40.9 Å². The first-order chi connectivity index (χ1) is 16.3. The van der Waals surface area contributed by atoms with Gasteiger partial charge in [-0.05, 0) is 99.1 Å². The van der Waals surface area contributed by atoms with Crippen LogP contribution in [-0.4, -0.2) is 33.7 Å². The van der Waals surface area contributed by atoms with E-state index in [1.54, 1.807) is 12.1 Å². The Hall–Kier alpha value is -2.96. The normalized spacial score (nSPS) is 15.0. The quantitative estimate of drug-likeness (QED) is 0.338. The average Bonchev–Trinajstić information content (AvgIpc) is 3.25. The van der Waals surface area contributed by atoms with Gasteiger partial charge < -0.3 is 9.47 Å². The number of halogens is 1. The lowest BCUT2D eigenvalue weighted by molar-refractivity contribution is -0.123. The summed E-state index contributed by atoms with van der Waals surface area (Å²) in [6, 6.07) is 17.8. The highest BCUT2D eigenvalue weighted by molar-refractivity contribution is 8.18. The number of hydrogen-bond acceptors (Lipinski definition) is 4. The number of carbonyl (C=O) groups excluding carboxylic acids is 2. The number of hydrogen-bond donors (Lipinski definition) is 0. The predicted molar refractivity (Wildman–Crippen MR) is 142 cm³/mol. The van der Waals surface area contributed by atoms with Gasteiger partial charge in [-0.2, -0.15) is 0 Å². The molecule has 5 nitrogen and oxygen atoms in total. The van der Waals surface area contributed by atoms with Gasteiger partial charge in [0.1, 0.15) is 0 Å². The standard InChI is InChI=1S/C27H28ClN3O2S/c1-5-29(6-2)23-11-13-24(14-12-23)31-18(3)15-21(19(31)4)16-25-26(32)30(27(33)34-25)17-20-7-9-22(28)10-8-20/h7-16H,5-6,17H2,1-4H3/b25-16+. The van der Waals surface area contributed by atoms with Crippen LogP contribution in [0.15, 0.2) is 59.5 Å². The van der Waals surface area contributed by atoms with Crippen LogP contribution in [0.3, 0.4) is 0 Å². The first-order valence-corrected chi connectivity index (χ1v) is 12.6. The minimum atomic E-state index is -0.265. The summed E-state index contributed by atoms with van der Waals surface area (Å²) in [6.07, 6.45) is 1.83. The Kier molecular flexibility index (Phi) is 7.19. The van der Waals surface area contributed by atoms with Crippen molar-refractivity contribution in [1.29, 1.82) is 0 Å². The van der Waals surface area contributed by atoms with Crippen molar-refractivity contribution in [2.24, 2.45) is 0 Å². The predicted octanol–water partition coefficient (Wildman–Crippen LogP) is 6.83. The monoisotopic (exact) mass is 493 g/mol. The van der Waals surface area contributed by atoms with Crippen LogP contribution < -0.4 is 4.90 Å². The molecule has 2 amide bonds. The summed E-state index contributed by atoms with van der Waals surface area (Å²) < 4.78 is 2.18. The third kappa shape index (κ3) is 4.79. The topological polar surface area (TPSA) is 45.6 Å². The van der Waals surface area contributed by atoms with Crippen LogP contribution in [-0.2, 0) is 11.3 Å². The molecule has 1 aliphatic rings. The average molecular weight is 494 g/mol. The number of carbonyl (C=O) groups is 2. The van der Waals surface area contributed by atoms with Crippen LogP contribution in [0.4, 0.5) is 10.5 Å². The molecule has 0 unspecified atom stereocenters. The largest absolute Gasteiger partial charge is 0.372 e. The lowest BCUT2D eigenvalue weighted by Crippen LogP contribution is -2.27. The van der Waals surface area contributed by atoms with E-state index in [9.17, 15) is 9.59 Å². The second kappa shape index (κ2) is 10.1. The number of thioether (sulfide) groups is 1. The van der Waals surface area contributed by atoms with Crippen LogP contribution in [0.1, 0.15) is 36.4 Å². The zero-order valence-electron chi connectivity index (χ0n) is 19.8. The highest BCUT2D eigenvalue weighted by atomic mass is 35.5. The van der Waals surface area contributed by atoms with Crippen molar-refractivity contribution >= 4 is 46.3 Å². The maximum absolute atomic E-state index is 13.0. The van der Waals surface area contributed by atoms with Gasteiger partial charge in [-0.3, -0.25) is 14.5 Å². The zero-order chi connectivity index (χ0) is 24.4. The fourth-order valence-electron chi connectivity index (χ4n) is 4.28. The molecule has 3 aromatic rings. The number of anilines is 1. The van der Waals surface area contributed by atoms with Gasteiger partial charge in [-0.1, -0.05) is 23.7 Å². The molecule has 176 valence electrons. The van der Waals surface area contributed by atoms with Crippen LogP contribution in [0, 0.1) is 13.8 Å². The lowest BCUT2D eigenvalue weighted by Gasteiger charge is -2.21. The number of rotatable bonds is 7. The number of aryl methyl sites for hydroxylation is 1. The van der Waals surface area contributed by atoms with Crippen molar-refractivity contribution in [3.8, 4) is 5.69 Å². The smallest absolute Gasteiger partial charge is 0.293 e. The van der Waals surface area contributed by atoms with E-state index < -0.39 is 0 Å². The molecule has 0 radical (unpaired) electrons. The van der Waals surface area contributed by atoms with Crippen molar-refractivity contribution in [3.63, 3.8) is 0 Å². The third-order valence-electron chi connectivity index (χ3n) is 6.12. The zero-order valence-corrected chi connectivity index (χ0v) is 21.4. The summed E-state index contributed by atoms with van der Waals surface area (Å²) in [5.41, 5.74) is 6.16. The summed E-state index contributed by atoms with van der Waals surface area (Å²) in [5, 5.41) is 0.364. The molecule has 34 heavy (non-hydrogen) atoms. The summed E-state index contributed by atoms with van der Waals surface area (Å²) in [7, 11) is 0. The minimum Gasteiger partial charge on any atom is -0.372 e. The Labute approximate surface area is 210 Å².